The predicted octanol–water partition coefficient (Wildman–Crippen LogP) is 8.43. The van der Waals surface area contributed by atoms with Crippen LogP contribution in [-0.4, -0.2) is 0 Å². The van der Waals surface area contributed by atoms with E-state index >= 15 is 0 Å². The van der Waals surface area contributed by atoms with E-state index in [1.165, 1.54) is 33.4 Å². The van der Waals surface area contributed by atoms with Crippen LogP contribution in [0.5, 0.6) is 0 Å². The molecule has 3 rings (SSSR count). The zero-order valence-corrected chi connectivity index (χ0v) is 20.2. The molecule has 0 atom stereocenters. The lowest BCUT2D eigenvalue weighted by atomic mass is 10.0. The summed E-state index contributed by atoms with van der Waals surface area (Å²) in [5.74, 6) is 0. The van der Waals surface area contributed by atoms with Gasteiger partial charge in [-0.15, -0.1) is 0 Å². The fourth-order valence-electron chi connectivity index (χ4n) is 3.33. The van der Waals surface area contributed by atoms with Crippen molar-refractivity contribution in [3.8, 4) is 0 Å². The minimum atomic E-state index is 1.14. The van der Waals surface area contributed by atoms with E-state index in [2.05, 4.69) is 114 Å². The zero-order chi connectivity index (χ0) is 22.2. The second-order valence-electron chi connectivity index (χ2n) is 7.53. The van der Waals surface area contributed by atoms with Gasteiger partial charge in [0, 0.05) is 0 Å². The Kier molecular flexibility index (Phi) is 13.3. The van der Waals surface area contributed by atoms with Gasteiger partial charge < -0.3 is 0 Å². The Hall–Kier alpha value is -2.34. The Balaban J connectivity index is 0.000000225. The molecule has 0 bridgehead atoms. The highest BCUT2D eigenvalue weighted by molar-refractivity contribution is 5.26. The molecule has 0 aliphatic heterocycles. The first-order valence-electron chi connectivity index (χ1n) is 11.8. The fraction of sp³-hybridized carbons (Fsp3) is 0.400. The molecule has 0 heteroatoms. The van der Waals surface area contributed by atoms with Crippen molar-refractivity contribution in [3.05, 3.63) is 106 Å². The van der Waals surface area contributed by atoms with Gasteiger partial charge in [0.2, 0.25) is 0 Å². The van der Waals surface area contributed by atoms with Gasteiger partial charge in [-0.25, -0.2) is 0 Å². The van der Waals surface area contributed by atoms with E-state index in [0.29, 0.717) is 0 Å². The van der Waals surface area contributed by atoms with Crippen molar-refractivity contribution in [2.24, 2.45) is 0 Å². The van der Waals surface area contributed by atoms with Gasteiger partial charge in [0.25, 0.3) is 0 Å². The molecule has 0 radical (unpaired) electrons. The van der Waals surface area contributed by atoms with Crippen LogP contribution in [0.25, 0.3) is 0 Å². The van der Waals surface area contributed by atoms with E-state index in [1.54, 1.807) is 0 Å². The first kappa shape index (κ1) is 25.7. The van der Waals surface area contributed by atoms with Crippen molar-refractivity contribution in [2.45, 2.75) is 80.1 Å². The predicted molar refractivity (Wildman–Crippen MR) is 136 cm³/mol. The number of aryl methyl sites for hydroxylation is 6. The molecule has 0 unspecified atom stereocenters. The Bertz CT molecular complexity index is 746. The van der Waals surface area contributed by atoms with Gasteiger partial charge in [0.05, 0.1) is 0 Å². The van der Waals surface area contributed by atoms with Gasteiger partial charge in [-0.1, -0.05) is 114 Å². The third-order valence-corrected chi connectivity index (χ3v) is 5.53. The lowest BCUT2D eigenvalue weighted by molar-refractivity contribution is 1.04. The van der Waals surface area contributed by atoms with Crippen LogP contribution in [0, 0.1) is 0 Å². The maximum absolute atomic E-state index is 2.28. The molecule has 0 spiro atoms. The van der Waals surface area contributed by atoms with Gasteiger partial charge >= 0.3 is 0 Å². The molecule has 0 heterocycles. The molecular weight excluding hydrogens is 360 g/mol. The van der Waals surface area contributed by atoms with E-state index in [-0.39, 0.29) is 0 Å². The summed E-state index contributed by atoms with van der Waals surface area (Å²) in [5.41, 5.74) is 8.73. The Morgan fingerprint density at radius 1 is 0.367 bits per heavy atom. The zero-order valence-electron chi connectivity index (χ0n) is 20.2. The summed E-state index contributed by atoms with van der Waals surface area (Å²) < 4.78 is 0. The van der Waals surface area contributed by atoms with Crippen LogP contribution in [0.3, 0.4) is 0 Å². The maximum Gasteiger partial charge on any atom is -0.0305 e. The standard InChI is InChI=1S/3C10H14/c1-3-9-5-7-10(4-2)8-6-9;1-3-9-6-5-7-10(4-2)8-9;1-3-9-7-5-6-8-10(9)4-2/h3*5-8H,3-4H2,1-2H3. The molecule has 0 nitrogen and oxygen atoms in total. The minimum absolute atomic E-state index is 1.14. The number of rotatable bonds is 6. The molecular formula is C30H42. The van der Waals surface area contributed by atoms with Crippen molar-refractivity contribution in [3.63, 3.8) is 0 Å². The number of benzene rings is 3. The van der Waals surface area contributed by atoms with Crippen molar-refractivity contribution in [1.82, 2.24) is 0 Å². The minimum Gasteiger partial charge on any atom is -0.0620 e. The topological polar surface area (TPSA) is 0 Å². The Morgan fingerprint density at radius 2 is 0.733 bits per heavy atom. The van der Waals surface area contributed by atoms with Crippen LogP contribution in [-0.2, 0) is 38.5 Å². The molecule has 0 N–H and O–H groups in total. The quantitative estimate of drug-likeness (QED) is 0.388. The molecule has 162 valence electrons. The maximum atomic E-state index is 2.28. The molecule has 0 saturated heterocycles. The Labute approximate surface area is 186 Å². The number of hydrogen-bond donors (Lipinski definition) is 0. The SMILES string of the molecule is CCc1ccc(CC)cc1.CCc1cccc(CC)c1.CCc1ccccc1CC. The average molecular weight is 403 g/mol. The van der Waals surface area contributed by atoms with Crippen LogP contribution in [0.2, 0.25) is 0 Å². The van der Waals surface area contributed by atoms with E-state index in [1.807, 2.05) is 0 Å². The summed E-state index contributed by atoms with van der Waals surface area (Å²) in [6.07, 6.45) is 6.89. The molecule has 0 aromatic heterocycles. The summed E-state index contributed by atoms with van der Waals surface area (Å²) >= 11 is 0. The molecule has 0 saturated carbocycles. The molecule has 0 aliphatic rings. The number of hydrogen-bond acceptors (Lipinski definition) is 0. The van der Waals surface area contributed by atoms with Crippen LogP contribution >= 0.6 is 0 Å². The molecule has 3 aromatic carbocycles. The third-order valence-electron chi connectivity index (χ3n) is 5.53. The second kappa shape index (κ2) is 15.5. The van der Waals surface area contributed by atoms with Gasteiger partial charge in [-0.05, 0) is 71.9 Å². The highest BCUT2D eigenvalue weighted by Crippen LogP contribution is 2.09. The highest BCUT2D eigenvalue weighted by atomic mass is 14.0. The summed E-state index contributed by atoms with van der Waals surface area (Å²) in [6.45, 7) is 13.1. The van der Waals surface area contributed by atoms with Crippen LogP contribution in [0.15, 0.2) is 72.8 Å². The first-order chi connectivity index (χ1) is 14.6. The van der Waals surface area contributed by atoms with E-state index < -0.39 is 0 Å². The molecule has 30 heavy (non-hydrogen) atoms. The monoisotopic (exact) mass is 402 g/mol. The summed E-state index contributed by atoms with van der Waals surface area (Å²) in [4.78, 5) is 0. The smallest absolute Gasteiger partial charge is 0.0305 e. The highest BCUT2D eigenvalue weighted by Gasteiger charge is 1.94. The second-order valence-corrected chi connectivity index (χ2v) is 7.53. The van der Waals surface area contributed by atoms with Gasteiger partial charge in [0.1, 0.15) is 0 Å². The van der Waals surface area contributed by atoms with Crippen molar-refractivity contribution in [2.75, 3.05) is 0 Å². The van der Waals surface area contributed by atoms with Crippen molar-refractivity contribution in [1.29, 1.82) is 0 Å². The summed E-state index contributed by atoms with van der Waals surface area (Å²) in [5, 5.41) is 0. The normalized spacial score (nSPS) is 9.80. The molecule has 0 amide bonds. The molecule has 3 aromatic rings. The fourth-order valence-corrected chi connectivity index (χ4v) is 3.33. The van der Waals surface area contributed by atoms with E-state index in [9.17, 15) is 0 Å². The van der Waals surface area contributed by atoms with Gasteiger partial charge in [-0.3, -0.25) is 0 Å². The van der Waals surface area contributed by atoms with Crippen LogP contribution in [0.1, 0.15) is 74.9 Å². The van der Waals surface area contributed by atoms with Gasteiger partial charge in [-0.2, -0.15) is 0 Å². The lowest BCUT2D eigenvalue weighted by Gasteiger charge is -2.02. The lowest BCUT2D eigenvalue weighted by Crippen LogP contribution is -1.88. The summed E-state index contributed by atoms with van der Waals surface area (Å²) in [7, 11) is 0. The van der Waals surface area contributed by atoms with E-state index in [4.69, 9.17) is 0 Å². The van der Waals surface area contributed by atoms with Crippen LogP contribution in [0.4, 0.5) is 0 Å². The van der Waals surface area contributed by atoms with Crippen molar-refractivity contribution >= 4 is 0 Å². The van der Waals surface area contributed by atoms with Crippen molar-refractivity contribution < 1.29 is 0 Å². The average Bonchev–Trinajstić information content (AvgIpc) is 2.84. The summed E-state index contributed by atoms with van der Waals surface area (Å²) in [6, 6.07) is 26.2. The van der Waals surface area contributed by atoms with E-state index in [0.717, 1.165) is 38.5 Å². The largest absolute Gasteiger partial charge is 0.0620 e. The van der Waals surface area contributed by atoms with Crippen LogP contribution < -0.4 is 0 Å². The molecule has 0 aliphatic carbocycles. The molecule has 0 fully saturated rings. The van der Waals surface area contributed by atoms with Gasteiger partial charge in [0.15, 0.2) is 0 Å². The Morgan fingerprint density at radius 3 is 1.03 bits per heavy atom. The third kappa shape index (κ3) is 9.44. The first-order valence-corrected chi connectivity index (χ1v) is 11.8.